The summed E-state index contributed by atoms with van der Waals surface area (Å²) < 4.78 is 7.03. The molecule has 1 aromatic carbocycles. The van der Waals surface area contributed by atoms with Gasteiger partial charge in [0.1, 0.15) is 17.3 Å². The number of pyridine rings is 1. The van der Waals surface area contributed by atoms with Crippen molar-refractivity contribution in [1.29, 1.82) is 0 Å². The zero-order valence-corrected chi connectivity index (χ0v) is 12.9. The zero-order valence-electron chi connectivity index (χ0n) is 11.3. The summed E-state index contributed by atoms with van der Waals surface area (Å²) in [6.45, 7) is 4.31. The molecule has 2 aromatic rings. The third-order valence-electron chi connectivity index (χ3n) is 2.81. The lowest BCUT2D eigenvalue weighted by Gasteiger charge is -2.14. The number of halogens is 1. The summed E-state index contributed by atoms with van der Waals surface area (Å²) in [7, 11) is 1.84. The van der Waals surface area contributed by atoms with E-state index in [2.05, 4.69) is 46.1 Å². The van der Waals surface area contributed by atoms with E-state index < -0.39 is 0 Å². The lowest BCUT2D eigenvalue weighted by Crippen LogP contribution is -1.96. The highest BCUT2D eigenvalue weighted by Gasteiger charge is 2.09. The molecule has 1 heterocycles. The van der Waals surface area contributed by atoms with Crippen molar-refractivity contribution in [3.63, 3.8) is 0 Å². The Hall–Kier alpha value is -1.55. The van der Waals surface area contributed by atoms with Gasteiger partial charge in [-0.1, -0.05) is 29.8 Å². The van der Waals surface area contributed by atoms with Crippen LogP contribution in [0.2, 0.25) is 0 Å². The number of ether oxygens (including phenoxy) is 1. The first-order valence-electron chi connectivity index (χ1n) is 6.21. The molecule has 0 aliphatic carbocycles. The maximum Gasteiger partial charge on any atom is 0.132 e. The van der Waals surface area contributed by atoms with Gasteiger partial charge in [-0.05, 0) is 35.7 Å². The first-order valence-corrected chi connectivity index (χ1v) is 7.00. The Morgan fingerprint density at radius 3 is 2.68 bits per heavy atom. The predicted octanol–water partition coefficient (Wildman–Crippen LogP) is 4.80. The number of aromatic nitrogens is 1. The Bertz CT molecular complexity index is 570. The largest absolute Gasteiger partial charge is 0.457 e. The van der Waals surface area contributed by atoms with Gasteiger partial charge in [-0.25, -0.2) is 4.98 Å². The first-order chi connectivity index (χ1) is 9.10. The molecule has 0 aliphatic heterocycles. The number of hydrogen-bond donors (Lipinski definition) is 1. The SMILES string of the molecule is CNc1cc(Oc2ccc(Br)cc2C(C)C)ccn1. The quantitative estimate of drug-likeness (QED) is 0.878. The minimum atomic E-state index is 0.401. The molecular weight excluding hydrogens is 304 g/mol. The van der Waals surface area contributed by atoms with Crippen LogP contribution in [0.1, 0.15) is 25.3 Å². The molecule has 4 heteroatoms. The van der Waals surface area contributed by atoms with Crippen LogP contribution in [-0.2, 0) is 0 Å². The average Bonchev–Trinajstić information content (AvgIpc) is 2.41. The molecule has 3 nitrogen and oxygen atoms in total. The Balaban J connectivity index is 2.32. The van der Waals surface area contributed by atoms with Gasteiger partial charge >= 0.3 is 0 Å². The van der Waals surface area contributed by atoms with Gasteiger partial charge in [-0.3, -0.25) is 0 Å². The Kier molecular flexibility index (Phi) is 4.43. The molecule has 0 saturated heterocycles. The van der Waals surface area contributed by atoms with Crippen molar-refractivity contribution in [3.8, 4) is 11.5 Å². The van der Waals surface area contributed by atoms with Gasteiger partial charge < -0.3 is 10.1 Å². The fourth-order valence-corrected chi connectivity index (χ4v) is 2.18. The van der Waals surface area contributed by atoms with Crippen LogP contribution in [0.15, 0.2) is 41.0 Å². The van der Waals surface area contributed by atoms with E-state index in [0.29, 0.717) is 5.92 Å². The van der Waals surface area contributed by atoms with Gasteiger partial charge in [0.05, 0.1) is 0 Å². The fraction of sp³-hybridized carbons (Fsp3) is 0.267. The van der Waals surface area contributed by atoms with Gasteiger partial charge in [0.25, 0.3) is 0 Å². The van der Waals surface area contributed by atoms with Crippen LogP contribution >= 0.6 is 15.9 Å². The fourth-order valence-electron chi connectivity index (χ4n) is 1.80. The Morgan fingerprint density at radius 1 is 1.21 bits per heavy atom. The van der Waals surface area contributed by atoms with E-state index in [1.54, 1.807) is 6.20 Å². The average molecular weight is 321 g/mol. The second kappa shape index (κ2) is 6.06. The van der Waals surface area contributed by atoms with E-state index in [1.807, 2.05) is 31.3 Å². The van der Waals surface area contributed by atoms with Crippen LogP contribution in [0.25, 0.3) is 0 Å². The summed E-state index contributed by atoms with van der Waals surface area (Å²) in [6, 6.07) is 9.81. The minimum Gasteiger partial charge on any atom is -0.457 e. The summed E-state index contributed by atoms with van der Waals surface area (Å²) >= 11 is 3.50. The molecule has 0 bridgehead atoms. The summed E-state index contributed by atoms with van der Waals surface area (Å²) in [5.41, 5.74) is 1.18. The van der Waals surface area contributed by atoms with E-state index in [1.165, 1.54) is 5.56 Å². The van der Waals surface area contributed by atoms with Crippen LogP contribution in [-0.4, -0.2) is 12.0 Å². The number of benzene rings is 1. The summed E-state index contributed by atoms with van der Waals surface area (Å²) in [5.74, 6) is 2.86. The lowest BCUT2D eigenvalue weighted by atomic mass is 10.0. The number of nitrogens with zero attached hydrogens (tertiary/aromatic N) is 1. The highest BCUT2D eigenvalue weighted by atomic mass is 79.9. The smallest absolute Gasteiger partial charge is 0.132 e. The highest BCUT2D eigenvalue weighted by molar-refractivity contribution is 9.10. The zero-order chi connectivity index (χ0) is 13.8. The maximum atomic E-state index is 5.97. The second-order valence-corrected chi connectivity index (χ2v) is 5.48. The Labute approximate surface area is 122 Å². The number of anilines is 1. The topological polar surface area (TPSA) is 34.1 Å². The van der Waals surface area contributed by atoms with Gasteiger partial charge in [-0.2, -0.15) is 0 Å². The van der Waals surface area contributed by atoms with Crippen molar-refractivity contribution in [3.05, 3.63) is 46.6 Å². The summed E-state index contributed by atoms with van der Waals surface area (Å²) in [4.78, 5) is 4.17. The van der Waals surface area contributed by atoms with Gasteiger partial charge in [0.2, 0.25) is 0 Å². The van der Waals surface area contributed by atoms with Crippen molar-refractivity contribution < 1.29 is 4.74 Å². The number of rotatable bonds is 4. The van der Waals surface area contributed by atoms with Crippen molar-refractivity contribution in [2.24, 2.45) is 0 Å². The van der Waals surface area contributed by atoms with Crippen LogP contribution in [0, 0.1) is 0 Å². The number of nitrogens with one attached hydrogen (secondary N) is 1. The van der Waals surface area contributed by atoms with Crippen LogP contribution in [0.4, 0.5) is 5.82 Å². The van der Waals surface area contributed by atoms with Crippen LogP contribution in [0.5, 0.6) is 11.5 Å². The van der Waals surface area contributed by atoms with Gasteiger partial charge in [-0.15, -0.1) is 0 Å². The molecule has 0 atom stereocenters. The minimum absolute atomic E-state index is 0.401. The predicted molar refractivity (Wildman–Crippen MR) is 82.1 cm³/mol. The van der Waals surface area contributed by atoms with Crippen molar-refractivity contribution in [2.45, 2.75) is 19.8 Å². The third-order valence-corrected chi connectivity index (χ3v) is 3.30. The molecule has 0 saturated carbocycles. The molecule has 2 rings (SSSR count). The van der Waals surface area contributed by atoms with E-state index in [9.17, 15) is 0 Å². The normalized spacial score (nSPS) is 10.6. The van der Waals surface area contributed by atoms with Crippen LogP contribution in [0.3, 0.4) is 0 Å². The molecular formula is C15H17BrN2O. The van der Waals surface area contributed by atoms with E-state index in [-0.39, 0.29) is 0 Å². The molecule has 0 radical (unpaired) electrons. The van der Waals surface area contributed by atoms with Gasteiger partial charge in [0.15, 0.2) is 0 Å². The standard InChI is InChI=1S/C15H17BrN2O/c1-10(2)13-8-11(16)4-5-14(13)19-12-6-7-18-15(9-12)17-3/h4-10H,1-3H3,(H,17,18). The van der Waals surface area contributed by atoms with Gasteiger partial charge in [0, 0.05) is 23.8 Å². The number of hydrogen-bond acceptors (Lipinski definition) is 3. The highest BCUT2D eigenvalue weighted by Crippen LogP contribution is 2.33. The van der Waals surface area contributed by atoms with Crippen molar-refractivity contribution in [2.75, 3.05) is 12.4 Å². The first kappa shape index (κ1) is 13.9. The molecule has 0 fully saturated rings. The molecule has 100 valence electrons. The van der Waals surface area contributed by atoms with Crippen molar-refractivity contribution >= 4 is 21.7 Å². The molecule has 19 heavy (non-hydrogen) atoms. The summed E-state index contributed by atoms with van der Waals surface area (Å²) in [5, 5.41) is 3.00. The molecule has 0 unspecified atom stereocenters. The molecule has 0 spiro atoms. The monoisotopic (exact) mass is 320 g/mol. The third kappa shape index (κ3) is 3.47. The van der Waals surface area contributed by atoms with E-state index in [4.69, 9.17) is 4.74 Å². The molecule has 0 aliphatic rings. The van der Waals surface area contributed by atoms with Crippen LogP contribution < -0.4 is 10.1 Å². The van der Waals surface area contributed by atoms with Crippen molar-refractivity contribution in [1.82, 2.24) is 4.98 Å². The molecule has 1 N–H and O–H groups in total. The Morgan fingerprint density at radius 2 is 2.00 bits per heavy atom. The van der Waals surface area contributed by atoms with E-state index in [0.717, 1.165) is 21.8 Å². The molecule has 1 aromatic heterocycles. The molecule has 0 amide bonds. The lowest BCUT2D eigenvalue weighted by molar-refractivity contribution is 0.472. The van der Waals surface area contributed by atoms with E-state index >= 15 is 0 Å². The second-order valence-electron chi connectivity index (χ2n) is 4.57. The maximum absolute atomic E-state index is 5.97. The summed E-state index contributed by atoms with van der Waals surface area (Å²) in [6.07, 6.45) is 1.73.